The molecule has 7 nitrogen and oxygen atoms in total. The topological polar surface area (TPSA) is 83.4 Å². The molecule has 0 unspecified atom stereocenters. The van der Waals surface area contributed by atoms with Gasteiger partial charge in [-0.05, 0) is 36.9 Å². The lowest BCUT2D eigenvalue weighted by atomic mass is 9.95. The van der Waals surface area contributed by atoms with Gasteiger partial charge in [0.2, 0.25) is 11.8 Å². The van der Waals surface area contributed by atoms with E-state index in [0.29, 0.717) is 18.8 Å². The van der Waals surface area contributed by atoms with Crippen molar-refractivity contribution >= 4 is 40.0 Å². The van der Waals surface area contributed by atoms with Gasteiger partial charge in [0.1, 0.15) is 11.2 Å². The molecule has 1 aromatic carbocycles. The molecule has 1 aliphatic rings. The first-order valence-electron chi connectivity index (χ1n) is 9.84. The Morgan fingerprint density at radius 2 is 1.97 bits per heavy atom. The Bertz CT molecular complexity index is 1100. The van der Waals surface area contributed by atoms with E-state index in [9.17, 15) is 14.4 Å². The number of fused-ring (bicyclic) bond motifs is 3. The summed E-state index contributed by atoms with van der Waals surface area (Å²) in [6, 6.07) is 13.6. The second-order valence-electron chi connectivity index (χ2n) is 7.67. The van der Waals surface area contributed by atoms with Gasteiger partial charge in [-0.1, -0.05) is 24.3 Å². The number of thiophene rings is 1. The van der Waals surface area contributed by atoms with E-state index in [1.165, 1.54) is 9.78 Å². The monoisotopic (exact) mass is 424 g/mol. The van der Waals surface area contributed by atoms with Gasteiger partial charge in [0.15, 0.2) is 0 Å². The van der Waals surface area contributed by atoms with Gasteiger partial charge in [-0.15, -0.1) is 11.3 Å². The van der Waals surface area contributed by atoms with Gasteiger partial charge < -0.3 is 20.1 Å². The lowest BCUT2D eigenvalue weighted by molar-refractivity contribution is -0.134. The molecule has 1 atom stereocenters. The highest BCUT2D eigenvalue weighted by Crippen LogP contribution is 2.31. The third-order valence-corrected chi connectivity index (χ3v) is 6.65. The average molecular weight is 425 g/mol. The summed E-state index contributed by atoms with van der Waals surface area (Å²) in [7, 11) is 1.63. The van der Waals surface area contributed by atoms with Crippen molar-refractivity contribution in [2.45, 2.75) is 25.4 Å². The molecular weight excluding hydrogens is 400 g/mol. The number of para-hydroxylation sites is 1. The van der Waals surface area contributed by atoms with Crippen LogP contribution in [0.1, 0.15) is 22.3 Å². The lowest BCUT2D eigenvalue weighted by Gasteiger charge is -2.41. The van der Waals surface area contributed by atoms with E-state index in [1.54, 1.807) is 25.3 Å². The molecule has 4 rings (SSSR count). The van der Waals surface area contributed by atoms with Crippen LogP contribution >= 0.6 is 11.3 Å². The van der Waals surface area contributed by atoms with Crippen molar-refractivity contribution in [3.8, 4) is 0 Å². The van der Waals surface area contributed by atoms with E-state index in [4.69, 9.17) is 0 Å². The summed E-state index contributed by atoms with van der Waals surface area (Å²) < 4.78 is 1.89. The summed E-state index contributed by atoms with van der Waals surface area (Å²) in [5.74, 6) is -0.814. The van der Waals surface area contributed by atoms with Crippen molar-refractivity contribution in [2.75, 3.05) is 20.1 Å². The maximum absolute atomic E-state index is 13.0. The van der Waals surface area contributed by atoms with Gasteiger partial charge in [0.25, 0.3) is 5.91 Å². The SMILES string of the molecule is CN1C(=O)c2cc3ccccc3n2C[C@@]1(C)C(=O)NCC(=O)NCCc1cccs1. The molecule has 0 saturated heterocycles. The number of carbonyl (C=O) groups is 3. The highest BCUT2D eigenvalue weighted by molar-refractivity contribution is 7.09. The Hall–Kier alpha value is -3.13. The minimum atomic E-state index is -1.09. The molecule has 3 amide bonds. The predicted octanol–water partition coefficient (Wildman–Crippen LogP) is 2.02. The van der Waals surface area contributed by atoms with E-state index in [-0.39, 0.29) is 24.3 Å². The number of hydrogen-bond acceptors (Lipinski definition) is 4. The first kappa shape index (κ1) is 20.2. The smallest absolute Gasteiger partial charge is 0.271 e. The van der Waals surface area contributed by atoms with Crippen molar-refractivity contribution in [3.05, 3.63) is 58.4 Å². The lowest BCUT2D eigenvalue weighted by Crippen LogP contribution is -2.63. The zero-order valence-electron chi connectivity index (χ0n) is 17.0. The normalized spacial score (nSPS) is 18.3. The average Bonchev–Trinajstić information content (AvgIpc) is 3.38. The Balaban J connectivity index is 1.41. The second-order valence-corrected chi connectivity index (χ2v) is 8.71. The molecule has 8 heteroatoms. The Morgan fingerprint density at radius 1 is 1.17 bits per heavy atom. The van der Waals surface area contributed by atoms with Crippen LogP contribution in [0.5, 0.6) is 0 Å². The van der Waals surface area contributed by atoms with Gasteiger partial charge >= 0.3 is 0 Å². The highest BCUT2D eigenvalue weighted by atomic mass is 32.1. The van der Waals surface area contributed by atoms with Crippen molar-refractivity contribution < 1.29 is 14.4 Å². The molecule has 2 aromatic heterocycles. The molecule has 3 aromatic rings. The molecule has 30 heavy (non-hydrogen) atoms. The molecule has 0 radical (unpaired) electrons. The zero-order valence-corrected chi connectivity index (χ0v) is 17.8. The van der Waals surface area contributed by atoms with E-state index in [0.717, 1.165) is 17.3 Å². The first-order valence-corrected chi connectivity index (χ1v) is 10.7. The van der Waals surface area contributed by atoms with Gasteiger partial charge in [-0.25, -0.2) is 0 Å². The van der Waals surface area contributed by atoms with Crippen molar-refractivity contribution in [1.82, 2.24) is 20.1 Å². The molecule has 0 spiro atoms. The van der Waals surface area contributed by atoms with E-state index >= 15 is 0 Å². The number of nitrogens with one attached hydrogen (secondary N) is 2. The maximum atomic E-state index is 13.0. The molecular formula is C22H24N4O3S. The minimum Gasteiger partial charge on any atom is -0.354 e. The van der Waals surface area contributed by atoms with Gasteiger partial charge in [0.05, 0.1) is 13.1 Å². The van der Waals surface area contributed by atoms with E-state index < -0.39 is 5.54 Å². The van der Waals surface area contributed by atoms with Crippen LogP contribution in [-0.2, 0) is 22.6 Å². The van der Waals surface area contributed by atoms with Crippen LogP contribution in [0.15, 0.2) is 47.8 Å². The Morgan fingerprint density at radius 3 is 2.73 bits per heavy atom. The van der Waals surface area contributed by atoms with Crippen LogP contribution in [-0.4, -0.2) is 52.9 Å². The predicted molar refractivity (Wildman–Crippen MR) is 116 cm³/mol. The highest BCUT2D eigenvalue weighted by Gasteiger charge is 2.45. The summed E-state index contributed by atoms with van der Waals surface area (Å²) in [5.41, 5.74) is 0.387. The van der Waals surface area contributed by atoms with Crippen molar-refractivity contribution in [3.63, 3.8) is 0 Å². The number of aromatic nitrogens is 1. The van der Waals surface area contributed by atoms with Crippen molar-refractivity contribution in [1.29, 1.82) is 0 Å². The minimum absolute atomic E-state index is 0.125. The number of benzene rings is 1. The van der Waals surface area contributed by atoms with Crippen molar-refractivity contribution in [2.24, 2.45) is 0 Å². The summed E-state index contributed by atoms with van der Waals surface area (Å²) >= 11 is 1.65. The molecule has 156 valence electrons. The summed E-state index contributed by atoms with van der Waals surface area (Å²) in [5, 5.41) is 8.48. The first-order chi connectivity index (χ1) is 14.4. The van der Waals surface area contributed by atoms with Crippen LogP contribution in [0.25, 0.3) is 10.9 Å². The number of carbonyl (C=O) groups excluding carboxylic acids is 3. The number of rotatable bonds is 6. The second kappa shape index (κ2) is 7.95. The summed E-state index contributed by atoms with van der Waals surface area (Å²) in [4.78, 5) is 40.8. The molecule has 1 aliphatic heterocycles. The van der Waals surface area contributed by atoms with Crippen LogP contribution in [0.2, 0.25) is 0 Å². The molecule has 0 aliphatic carbocycles. The molecule has 2 N–H and O–H groups in total. The maximum Gasteiger partial charge on any atom is 0.271 e. The third kappa shape index (κ3) is 3.59. The zero-order chi connectivity index (χ0) is 21.3. The number of hydrogen-bond donors (Lipinski definition) is 2. The van der Waals surface area contributed by atoms with Gasteiger partial charge in [-0.2, -0.15) is 0 Å². The van der Waals surface area contributed by atoms with Crippen LogP contribution < -0.4 is 10.6 Å². The van der Waals surface area contributed by atoms with Crippen LogP contribution in [0.3, 0.4) is 0 Å². The number of likely N-dealkylation sites (N-methyl/N-ethyl adjacent to an activating group) is 1. The largest absolute Gasteiger partial charge is 0.354 e. The molecule has 0 fully saturated rings. The quantitative estimate of drug-likeness (QED) is 0.635. The van der Waals surface area contributed by atoms with Gasteiger partial charge in [-0.3, -0.25) is 14.4 Å². The summed E-state index contributed by atoms with van der Waals surface area (Å²) in [6.07, 6.45) is 0.760. The van der Waals surface area contributed by atoms with Gasteiger partial charge in [0, 0.05) is 29.4 Å². The van der Waals surface area contributed by atoms with E-state index in [1.807, 2.05) is 52.4 Å². The molecule has 0 saturated carbocycles. The fourth-order valence-electron chi connectivity index (χ4n) is 3.79. The Labute approximate surface area is 178 Å². The standard InChI is InChI=1S/C22H24N4O3S/c1-22(21(29)24-13-19(27)23-10-9-16-7-5-11-30-16)14-26-17-8-4-3-6-15(17)12-18(26)20(28)25(22)2/h3-8,11-12H,9-10,13-14H2,1-2H3,(H,23,27)(H,24,29)/t22-/m0/s1. The Kier molecular flexibility index (Phi) is 5.34. The fraction of sp³-hybridized carbons (Fsp3) is 0.318. The number of nitrogens with zero attached hydrogens (tertiary/aromatic N) is 2. The molecule has 0 bridgehead atoms. The van der Waals surface area contributed by atoms with Crippen LogP contribution in [0.4, 0.5) is 0 Å². The number of amides is 3. The third-order valence-electron chi connectivity index (χ3n) is 5.71. The fourth-order valence-corrected chi connectivity index (χ4v) is 4.49. The summed E-state index contributed by atoms with van der Waals surface area (Å²) in [6.45, 7) is 2.44. The molecule has 3 heterocycles. The van der Waals surface area contributed by atoms with E-state index in [2.05, 4.69) is 10.6 Å². The van der Waals surface area contributed by atoms with Crippen LogP contribution in [0, 0.1) is 0 Å².